The van der Waals surface area contributed by atoms with Crippen LogP contribution in [0.5, 0.6) is 5.75 Å². The lowest BCUT2D eigenvalue weighted by Crippen LogP contribution is -2.27. The van der Waals surface area contributed by atoms with Crippen LogP contribution < -0.4 is 4.90 Å². The van der Waals surface area contributed by atoms with Crippen LogP contribution in [0.15, 0.2) is 28.9 Å². The lowest BCUT2D eigenvalue weighted by molar-refractivity contribution is 0.432. The van der Waals surface area contributed by atoms with E-state index in [4.69, 9.17) is 4.52 Å². The quantitative estimate of drug-likeness (QED) is 0.663. The first-order valence-corrected chi connectivity index (χ1v) is 9.74. The summed E-state index contributed by atoms with van der Waals surface area (Å²) in [6, 6.07) is 6.22. The van der Waals surface area contributed by atoms with Crippen LogP contribution in [0, 0.1) is 6.92 Å². The van der Waals surface area contributed by atoms with Gasteiger partial charge in [0.05, 0.1) is 5.56 Å². The number of hydrogen-bond donors (Lipinski definition) is 1. The van der Waals surface area contributed by atoms with E-state index < -0.39 is 0 Å². The second-order valence-corrected chi connectivity index (χ2v) is 7.34. The summed E-state index contributed by atoms with van der Waals surface area (Å²) >= 11 is 0. The van der Waals surface area contributed by atoms with E-state index in [1.165, 1.54) is 0 Å². The first-order valence-electron chi connectivity index (χ1n) is 9.74. The average Bonchev–Trinajstić information content (AvgIpc) is 3.19. The molecule has 0 amide bonds. The van der Waals surface area contributed by atoms with Crippen molar-refractivity contribution in [3.05, 3.63) is 41.1 Å². The third-order valence-electron chi connectivity index (χ3n) is 5.12. The molecule has 1 aromatic carbocycles. The maximum atomic E-state index is 10.1. The van der Waals surface area contributed by atoms with Gasteiger partial charge in [-0.2, -0.15) is 4.98 Å². The number of anilines is 1. The summed E-state index contributed by atoms with van der Waals surface area (Å²) in [4.78, 5) is 11.4. The summed E-state index contributed by atoms with van der Waals surface area (Å²) in [5.74, 6) is 2.26. The second-order valence-electron chi connectivity index (χ2n) is 7.34. The molecule has 0 fully saturated rings. The van der Waals surface area contributed by atoms with E-state index in [1.54, 1.807) is 6.20 Å². The lowest BCUT2D eigenvalue weighted by Gasteiger charge is -2.25. The van der Waals surface area contributed by atoms with E-state index in [-0.39, 0.29) is 0 Å². The molecule has 0 saturated heterocycles. The molecule has 0 bridgehead atoms. The van der Waals surface area contributed by atoms with Gasteiger partial charge in [0.2, 0.25) is 5.82 Å². The first kappa shape index (κ1) is 19.9. The molecule has 28 heavy (non-hydrogen) atoms. The molecule has 6 nitrogen and oxygen atoms in total. The highest BCUT2D eigenvalue weighted by molar-refractivity contribution is 5.64. The van der Waals surface area contributed by atoms with Gasteiger partial charge in [-0.25, -0.2) is 4.98 Å². The van der Waals surface area contributed by atoms with Crippen LogP contribution in [-0.2, 0) is 12.8 Å². The molecule has 0 saturated carbocycles. The van der Waals surface area contributed by atoms with Crippen molar-refractivity contribution < 1.29 is 9.63 Å². The van der Waals surface area contributed by atoms with E-state index in [9.17, 15) is 5.11 Å². The number of benzene rings is 1. The molecule has 0 aliphatic carbocycles. The van der Waals surface area contributed by atoms with Gasteiger partial charge < -0.3 is 14.5 Å². The summed E-state index contributed by atoms with van der Waals surface area (Å²) in [7, 11) is 2.05. The Balaban J connectivity index is 1.97. The van der Waals surface area contributed by atoms with Crippen molar-refractivity contribution in [1.82, 2.24) is 15.1 Å². The molecule has 2 heterocycles. The summed E-state index contributed by atoms with van der Waals surface area (Å²) in [6.07, 6.45) is 3.38. The molecule has 1 N–H and O–H groups in total. The number of nitrogens with zero attached hydrogens (tertiary/aromatic N) is 4. The minimum absolute atomic E-state index is 0.330. The zero-order valence-electron chi connectivity index (χ0n) is 17.4. The van der Waals surface area contributed by atoms with E-state index >= 15 is 0 Å². The normalized spacial score (nSPS) is 11.2. The van der Waals surface area contributed by atoms with Crippen LogP contribution in [0.2, 0.25) is 0 Å². The Morgan fingerprint density at radius 3 is 2.39 bits per heavy atom. The van der Waals surface area contributed by atoms with Crippen molar-refractivity contribution in [3.8, 4) is 28.6 Å². The van der Waals surface area contributed by atoms with Crippen LogP contribution in [-0.4, -0.2) is 33.3 Å². The predicted octanol–water partition coefficient (Wildman–Crippen LogP) is 4.78. The van der Waals surface area contributed by atoms with Crippen molar-refractivity contribution in [2.75, 3.05) is 11.9 Å². The predicted molar refractivity (Wildman–Crippen MR) is 112 cm³/mol. The molecule has 0 atom stereocenters. The third kappa shape index (κ3) is 3.72. The average molecular weight is 380 g/mol. The van der Waals surface area contributed by atoms with Crippen molar-refractivity contribution in [2.24, 2.45) is 0 Å². The van der Waals surface area contributed by atoms with E-state index in [2.05, 4.69) is 53.9 Å². The fourth-order valence-electron chi connectivity index (χ4n) is 3.15. The Morgan fingerprint density at radius 2 is 1.75 bits per heavy atom. The van der Waals surface area contributed by atoms with Crippen LogP contribution in [0.1, 0.15) is 44.4 Å². The number of hydrogen-bond acceptors (Lipinski definition) is 6. The van der Waals surface area contributed by atoms with Gasteiger partial charge in [-0.3, -0.25) is 0 Å². The minimum Gasteiger partial charge on any atom is -0.507 e. The molecule has 3 rings (SSSR count). The van der Waals surface area contributed by atoms with E-state index in [0.717, 1.165) is 46.5 Å². The highest BCUT2D eigenvalue weighted by Gasteiger charge is 2.17. The number of pyridine rings is 1. The van der Waals surface area contributed by atoms with Gasteiger partial charge in [-0.1, -0.05) is 19.0 Å². The van der Waals surface area contributed by atoms with Gasteiger partial charge in [0.25, 0.3) is 5.89 Å². The number of aromatic nitrogens is 3. The zero-order chi connectivity index (χ0) is 20.4. The Morgan fingerprint density at radius 1 is 1.07 bits per heavy atom. The highest BCUT2D eigenvalue weighted by Crippen LogP contribution is 2.31. The number of aryl methyl sites for hydroxylation is 3. The lowest BCUT2D eigenvalue weighted by atomic mass is 10.0. The molecule has 0 aliphatic heterocycles. The maximum Gasteiger partial charge on any atom is 0.259 e. The fourth-order valence-corrected chi connectivity index (χ4v) is 3.15. The molecule has 3 aromatic rings. The summed E-state index contributed by atoms with van der Waals surface area (Å²) in [5, 5.41) is 14.3. The van der Waals surface area contributed by atoms with Crippen LogP contribution >= 0.6 is 0 Å². The maximum absolute atomic E-state index is 10.1. The van der Waals surface area contributed by atoms with Crippen LogP contribution in [0.25, 0.3) is 22.8 Å². The molecular weight excluding hydrogens is 352 g/mol. The SMILES string of the molecule is CCc1cc(-c2nc(-c3cc(C)c(O)c(CC)c3)no2)cnc1N(C)C(C)C. The van der Waals surface area contributed by atoms with Crippen molar-refractivity contribution in [3.63, 3.8) is 0 Å². The van der Waals surface area contributed by atoms with Crippen LogP contribution in [0.3, 0.4) is 0 Å². The number of aromatic hydroxyl groups is 1. The summed E-state index contributed by atoms with van der Waals surface area (Å²) in [5.41, 5.74) is 4.46. The zero-order valence-corrected chi connectivity index (χ0v) is 17.4. The van der Waals surface area contributed by atoms with E-state index in [0.29, 0.717) is 23.5 Å². The number of phenolic OH excluding ortho intramolecular Hbond substituents is 1. The van der Waals surface area contributed by atoms with E-state index in [1.807, 2.05) is 26.0 Å². The minimum atomic E-state index is 0.330. The molecule has 6 heteroatoms. The molecule has 2 aromatic heterocycles. The topological polar surface area (TPSA) is 75.3 Å². The fraction of sp³-hybridized carbons (Fsp3) is 0.409. The largest absolute Gasteiger partial charge is 0.507 e. The number of phenols is 1. The number of rotatable bonds is 6. The Kier molecular flexibility index (Phi) is 5.68. The second kappa shape index (κ2) is 8.00. The van der Waals surface area contributed by atoms with Gasteiger partial charge >= 0.3 is 0 Å². The Hall–Kier alpha value is -2.89. The van der Waals surface area contributed by atoms with Crippen molar-refractivity contribution in [1.29, 1.82) is 0 Å². The molecule has 0 radical (unpaired) electrons. The molecule has 0 unspecified atom stereocenters. The smallest absolute Gasteiger partial charge is 0.259 e. The molecule has 148 valence electrons. The van der Waals surface area contributed by atoms with Gasteiger partial charge in [-0.15, -0.1) is 0 Å². The standard InChI is InChI=1S/C22H28N4O2/c1-7-15-10-17(9-14(5)19(15)27)20-24-22(28-25-20)18-11-16(8-2)21(23-12-18)26(6)13(3)4/h9-13,27H,7-8H2,1-6H3. The summed E-state index contributed by atoms with van der Waals surface area (Å²) < 4.78 is 5.52. The molecule has 0 aliphatic rings. The first-order chi connectivity index (χ1) is 13.3. The van der Waals surface area contributed by atoms with Gasteiger partial charge in [0, 0.05) is 24.8 Å². The summed E-state index contributed by atoms with van der Waals surface area (Å²) in [6.45, 7) is 10.3. The Labute approximate surface area is 166 Å². The highest BCUT2D eigenvalue weighted by atomic mass is 16.5. The van der Waals surface area contributed by atoms with Crippen molar-refractivity contribution in [2.45, 2.75) is 53.5 Å². The van der Waals surface area contributed by atoms with Gasteiger partial charge in [-0.05, 0) is 68.5 Å². The molecular formula is C22H28N4O2. The molecule has 0 spiro atoms. The van der Waals surface area contributed by atoms with Gasteiger partial charge in [0.1, 0.15) is 11.6 Å². The van der Waals surface area contributed by atoms with Crippen molar-refractivity contribution >= 4 is 5.82 Å². The van der Waals surface area contributed by atoms with Gasteiger partial charge in [0.15, 0.2) is 0 Å². The Bertz CT molecular complexity index is 979. The third-order valence-corrected chi connectivity index (χ3v) is 5.12. The monoisotopic (exact) mass is 380 g/mol. The van der Waals surface area contributed by atoms with Crippen LogP contribution in [0.4, 0.5) is 5.82 Å².